The van der Waals surface area contributed by atoms with Gasteiger partial charge in [0.2, 0.25) is 5.91 Å². The number of anilines is 3. The number of hydrogen-bond acceptors (Lipinski definition) is 12. The van der Waals surface area contributed by atoms with Crippen molar-refractivity contribution in [2.24, 2.45) is 10.8 Å². The van der Waals surface area contributed by atoms with Crippen molar-refractivity contribution < 1.29 is 36.3 Å². The molecule has 5 N–H and O–H groups in total. The normalized spacial score (nSPS) is 23.2. The number of nitrogens with two attached hydrogens (primary N) is 1. The maximum atomic E-state index is 16.8. The van der Waals surface area contributed by atoms with Gasteiger partial charge in [-0.25, -0.2) is 8.78 Å². The molecule has 13 nitrogen and oxygen atoms in total. The Balaban J connectivity index is 0.746. The molecule has 6 heterocycles. The number of aromatic nitrogens is 3. The number of piperazine rings is 1. The first-order valence-electron chi connectivity index (χ1n) is 24.5. The number of nitrogens with zero attached hydrogens (tertiary/aromatic N) is 6. The van der Waals surface area contributed by atoms with Gasteiger partial charge in [0.25, 0.3) is 0 Å². The summed E-state index contributed by atoms with van der Waals surface area (Å²) in [6.45, 7) is 6.32. The number of amides is 1. The van der Waals surface area contributed by atoms with Crippen molar-refractivity contribution in [3.63, 3.8) is 0 Å². The predicted octanol–water partition coefficient (Wildman–Crippen LogP) is 7.95. The summed E-state index contributed by atoms with van der Waals surface area (Å²) in [6, 6.07) is 7.55. The van der Waals surface area contributed by atoms with Crippen LogP contribution in [0.15, 0.2) is 36.5 Å². The first kappa shape index (κ1) is 47.8. The first-order chi connectivity index (χ1) is 33.1. The SMILES string of the molecule is CNC(=O)CCC(C=O)Nc1ccc(C2CCN(C3CC4(CCN(CC5(COc6nc(N7CC8CCC(C7)N8)c7cnc(-c8cc(N)cc(Cl)c8C(F)(F)F)c(F)c7n6)CC5)CC4)C3)CC2)c(F)c1. The van der Waals surface area contributed by atoms with Crippen LogP contribution in [0.5, 0.6) is 6.01 Å². The average molecular weight is 980 g/mol. The number of likely N-dealkylation sites (tertiary alicyclic amines) is 2. The summed E-state index contributed by atoms with van der Waals surface area (Å²) in [5.74, 6) is -0.872. The fraction of sp³-hybridized carbons (Fsp3) is 0.580. The standard InChI is InChI=1S/C50H60ClF5N10O3/c1-58-41(68)7-5-34(26-67)60-31-4-6-36(40(52)20-31)29-8-14-65(15-9-29)35-21-48(22-35)12-16-64(17-13-48)27-49(10-11-49)28-69-47-62-45-38(46(63-47)66-24-32-2-3-33(25-66)61-32)23-59-44(43(45)53)37-18-30(57)19-39(51)42(37)50(54,55)56/h4,6,18-20,23,26,29,32-35,60-61H,2-3,5,7-17,21-22,24-25,27-28,57H2,1H3,(H,58,68). The van der Waals surface area contributed by atoms with E-state index in [-0.39, 0.29) is 64.2 Å². The molecule has 2 aromatic heterocycles. The van der Waals surface area contributed by atoms with Crippen LogP contribution >= 0.6 is 11.6 Å². The van der Waals surface area contributed by atoms with Crippen LogP contribution in [0.1, 0.15) is 94.1 Å². The third kappa shape index (κ3) is 10.0. The van der Waals surface area contributed by atoms with Gasteiger partial charge in [-0.15, -0.1) is 0 Å². The van der Waals surface area contributed by atoms with E-state index in [1.807, 2.05) is 12.1 Å². The second-order valence-electron chi connectivity index (χ2n) is 20.8. The number of ether oxygens (including phenoxy) is 1. The van der Waals surface area contributed by atoms with Gasteiger partial charge in [0.05, 0.1) is 28.6 Å². The first-order valence-corrected chi connectivity index (χ1v) is 24.8. The van der Waals surface area contributed by atoms with Crippen LogP contribution in [0, 0.1) is 22.5 Å². The summed E-state index contributed by atoms with van der Waals surface area (Å²) in [5.41, 5.74) is 4.82. The molecular weight excluding hydrogens is 919 g/mol. The Morgan fingerprint density at radius 1 is 1.01 bits per heavy atom. The minimum atomic E-state index is -4.90. The molecule has 370 valence electrons. The zero-order valence-corrected chi connectivity index (χ0v) is 39.6. The zero-order valence-electron chi connectivity index (χ0n) is 38.8. The number of alkyl halides is 3. The van der Waals surface area contributed by atoms with Crippen molar-refractivity contribution in [3.8, 4) is 17.3 Å². The molecule has 4 saturated heterocycles. The molecule has 2 aliphatic carbocycles. The summed E-state index contributed by atoms with van der Waals surface area (Å²) < 4.78 is 81.5. The van der Waals surface area contributed by atoms with Crippen LogP contribution in [-0.2, 0) is 15.8 Å². The maximum absolute atomic E-state index is 16.8. The molecule has 10 rings (SSSR count). The smallest absolute Gasteiger partial charge is 0.418 e. The molecule has 2 aromatic carbocycles. The Kier molecular flexibility index (Phi) is 13.2. The summed E-state index contributed by atoms with van der Waals surface area (Å²) in [7, 11) is 1.55. The Morgan fingerprint density at radius 3 is 2.39 bits per heavy atom. The largest absolute Gasteiger partial charge is 0.463 e. The van der Waals surface area contributed by atoms with Crippen molar-refractivity contribution in [2.75, 3.05) is 75.4 Å². The molecule has 6 aliphatic rings. The molecule has 3 unspecified atom stereocenters. The molecular formula is C50H60ClF5N10O3. The van der Waals surface area contributed by atoms with Crippen LogP contribution in [-0.4, -0.2) is 121 Å². The lowest BCUT2D eigenvalue weighted by Gasteiger charge is -2.56. The minimum absolute atomic E-state index is 0.0224. The van der Waals surface area contributed by atoms with Gasteiger partial charge in [-0.1, -0.05) is 17.7 Å². The van der Waals surface area contributed by atoms with Gasteiger partial charge in [-0.3, -0.25) is 9.78 Å². The highest BCUT2D eigenvalue weighted by molar-refractivity contribution is 6.32. The number of nitrogens with one attached hydrogen (secondary N) is 3. The third-order valence-electron chi connectivity index (χ3n) is 16.1. The summed E-state index contributed by atoms with van der Waals surface area (Å²) in [4.78, 5) is 44.0. The van der Waals surface area contributed by atoms with Gasteiger partial charge in [-0.05, 0) is 138 Å². The van der Waals surface area contributed by atoms with Crippen LogP contribution in [0.25, 0.3) is 22.2 Å². The number of carbonyl (C=O) groups excluding carboxylic acids is 2. The number of nitrogen functional groups attached to an aromatic ring is 1. The quantitative estimate of drug-likeness (QED) is 0.0520. The Bertz CT molecular complexity index is 2560. The molecule has 1 amide bonds. The van der Waals surface area contributed by atoms with E-state index in [4.69, 9.17) is 27.1 Å². The second-order valence-corrected chi connectivity index (χ2v) is 21.2. The molecule has 2 saturated carbocycles. The third-order valence-corrected chi connectivity index (χ3v) is 16.4. The second kappa shape index (κ2) is 19.0. The van der Waals surface area contributed by atoms with Gasteiger partial charge in [0.1, 0.15) is 29.1 Å². The molecule has 69 heavy (non-hydrogen) atoms. The van der Waals surface area contributed by atoms with Crippen molar-refractivity contribution in [2.45, 2.75) is 113 Å². The van der Waals surface area contributed by atoms with Crippen LogP contribution in [0.3, 0.4) is 0 Å². The molecule has 1 spiro atoms. The fourth-order valence-corrected chi connectivity index (χ4v) is 12.3. The van der Waals surface area contributed by atoms with Crippen LogP contribution < -0.4 is 31.3 Å². The number of benzene rings is 2. The molecule has 0 radical (unpaired) electrons. The number of hydrogen-bond donors (Lipinski definition) is 4. The van der Waals surface area contributed by atoms with Crippen molar-refractivity contribution in [1.82, 2.24) is 35.4 Å². The molecule has 4 aliphatic heterocycles. The highest BCUT2D eigenvalue weighted by Crippen LogP contribution is 2.54. The molecule has 19 heteroatoms. The van der Waals surface area contributed by atoms with E-state index in [0.717, 1.165) is 103 Å². The summed E-state index contributed by atoms with van der Waals surface area (Å²) in [6.07, 6.45) is 8.07. The Morgan fingerprint density at radius 2 is 1.74 bits per heavy atom. The summed E-state index contributed by atoms with van der Waals surface area (Å²) >= 11 is 6.06. The highest BCUT2D eigenvalue weighted by atomic mass is 35.5. The molecule has 4 aromatic rings. The van der Waals surface area contributed by atoms with Crippen molar-refractivity contribution in [1.29, 1.82) is 0 Å². The van der Waals surface area contributed by atoms with Gasteiger partial charge in [-0.2, -0.15) is 23.1 Å². The van der Waals surface area contributed by atoms with E-state index in [9.17, 15) is 22.8 Å². The lowest BCUT2D eigenvalue weighted by Crippen LogP contribution is -2.56. The lowest BCUT2D eigenvalue weighted by molar-refractivity contribution is -0.137. The predicted molar refractivity (Wildman–Crippen MR) is 254 cm³/mol. The Hall–Kier alpha value is -4.91. The van der Waals surface area contributed by atoms with Gasteiger partial charge in [0, 0.05) is 79.8 Å². The fourth-order valence-electron chi connectivity index (χ4n) is 11.9. The minimum Gasteiger partial charge on any atom is -0.463 e. The number of fused-ring (bicyclic) bond motifs is 3. The summed E-state index contributed by atoms with van der Waals surface area (Å²) in [5, 5.41) is 8.84. The molecule has 2 bridgehead atoms. The monoisotopic (exact) mass is 978 g/mol. The zero-order chi connectivity index (χ0) is 48.2. The lowest BCUT2D eigenvalue weighted by atomic mass is 9.59. The number of pyridine rings is 1. The Labute approximate surface area is 403 Å². The van der Waals surface area contributed by atoms with E-state index >= 15 is 8.78 Å². The van der Waals surface area contributed by atoms with E-state index < -0.39 is 39.9 Å². The van der Waals surface area contributed by atoms with E-state index in [1.165, 1.54) is 25.1 Å². The van der Waals surface area contributed by atoms with Crippen LogP contribution in [0.2, 0.25) is 5.02 Å². The van der Waals surface area contributed by atoms with E-state index in [2.05, 4.69) is 40.6 Å². The maximum Gasteiger partial charge on any atom is 0.418 e. The molecule has 6 fully saturated rings. The van der Waals surface area contributed by atoms with E-state index in [1.54, 1.807) is 7.05 Å². The number of carbonyl (C=O) groups is 2. The number of piperidine rings is 2. The number of halogens is 6. The van der Waals surface area contributed by atoms with Crippen LogP contribution in [0.4, 0.5) is 39.1 Å². The average Bonchev–Trinajstić information content (AvgIpc) is 4.00. The topological polar surface area (TPSA) is 154 Å². The highest BCUT2D eigenvalue weighted by Gasteiger charge is 2.51. The van der Waals surface area contributed by atoms with Gasteiger partial charge < -0.3 is 45.9 Å². The van der Waals surface area contributed by atoms with Crippen molar-refractivity contribution in [3.05, 3.63) is 64.3 Å². The van der Waals surface area contributed by atoms with E-state index in [0.29, 0.717) is 54.6 Å². The van der Waals surface area contributed by atoms with Gasteiger partial charge in [0.15, 0.2) is 5.82 Å². The molecule has 3 atom stereocenters. The van der Waals surface area contributed by atoms with Gasteiger partial charge >= 0.3 is 12.2 Å². The number of aldehydes is 1. The number of rotatable bonds is 15. The van der Waals surface area contributed by atoms with Crippen molar-refractivity contribution >= 4 is 51.9 Å².